The summed E-state index contributed by atoms with van der Waals surface area (Å²) in [5.74, 6) is 0. The van der Waals surface area contributed by atoms with Crippen LogP contribution < -0.4 is 10.2 Å². The Bertz CT molecular complexity index is 3070. The summed E-state index contributed by atoms with van der Waals surface area (Å²) in [5.41, 5.74) is 22.0. The van der Waals surface area contributed by atoms with E-state index < -0.39 is 0 Å². The Kier molecular flexibility index (Phi) is 7.21. The highest BCUT2D eigenvalue weighted by Crippen LogP contribution is 2.53. The number of aromatic nitrogens is 1. The van der Waals surface area contributed by atoms with E-state index in [2.05, 4.69) is 179 Å². The molecule has 0 saturated carbocycles. The first-order valence-electron chi connectivity index (χ1n) is 20.2. The first-order chi connectivity index (χ1) is 28.3. The van der Waals surface area contributed by atoms with Crippen LogP contribution in [0.15, 0.2) is 174 Å². The van der Waals surface area contributed by atoms with Gasteiger partial charge >= 0.3 is 0 Å². The van der Waals surface area contributed by atoms with E-state index in [1.54, 1.807) is 0 Å². The zero-order valence-electron chi connectivity index (χ0n) is 31.5. The van der Waals surface area contributed by atoms with Gasteiger partial charge in [-0.05, 0) is 84.8 Å². The number of para-hydroxylation sites is 4. The van der Waals surface area contributed by atoms with Gasteiger partial charge in [-0.1, -0.05) is 127 Å². The molecule has 57 heavy (non-hydrogen) atoms. The van der Waals surface area contributed by atoms with E-state index in [9.17, 15) is 0 Å². The van der Waals surface area contributed by atoms with Crippen molar-refractivity contribution in [3.63, 3.8) is 0 Å². The summed E-state index contributed by atoms with van der Waals surface area (Å²) in [6, 6.07) is 51.0. The van der Waals surface area contributed by atoms with Gasteiger partial charge in [0.1, 0.15) is 11.2 Å². The van der Waals surface area contributed by atoms with Crippen LogP contribution in [0.2, 0.25) is 0 Å². The van der Waals surface area contributed by atoms with Gasteiger partial charge in [-0.25, -0.2) is 0 Å². The molecule has 2 aliphatic carbocycles. The number of benzene rings is 6. The Balaban J connectivity index is 1.06. The first-order valence-corrected chi connectivity index (χ1v) is 20.2. The van der Waals surface area contributed by atoms with Crippen molar-refractivity contribution in [2.45, 2.75) is 25.7 Å². The van der Waals surface area contributed by atoms with E-state index in [-0.39, 0.29) is 0 Å². The molecule has 4 heteroatoms. The molecular weight excluding hydrogens is 695 g/mol. The summed E-state index contributed by atoms with van der Waals surface area (Å²) in [5, 5.41) is 5.82. The lowest BCUT2D eigenvalue weighted by Crippen LogP contribution is -2.19. The van der Waals surface area contributed by atoms with Crippen molar-refractivity contribution in [2.75, 3.05) is 16.8 Å². The van der Waals surface area contributed by atoms with Gasteiger partial charge in [0.15, 0.2) is 0 Å². The van der Waals surface area contributed by atoms with E-state index in [0.717, 1.165) is 54.2 Å². The number of nitrogens with zero attached hydrogens (tertiary/aromatic N) is 2. The number of furan rings is 1. The number of anilines is 3. The molecule has 4 aliphatic rings. The van der Waals surface area contributed by atoms with Crippen LogP contribution >= 0.6 is 0 Å². The summed E-state index contributed by atoms with van der Waals surface area (Å²) >= 11 is 0. The second-order valence-electron chi connectivity index (χ2n) is 15.4. The van der Waals surface area contributed by atoms with E-state index in [1.165, 1.54) is 89.9 Å². The molecule has 2 aromatic heterocycles. The van der Waals surface area contributed by atoms with Crippen LogP contribution in [-0.4, -0.2) is 11.1 Å². The highest BCUT2D eigenvalue weighted by atomic mass is 16.3. The van der Waals surface area contributed by atoms with Gasteiger partial charge in [0.05, 0.1) is 17.1 Å². The molecule has 272 valence electrons. The fraction of sp³-hybridized carbons (Fsp3) is 0.0943. The second kappa shape index (κ2) is 12.8. The van der Waals surface area contributed by atoms with E-state index in [0.29, 0.717) is 0 Å². The van der Waals surface area contributed by atoms with Crippen LogP contribution in [-0.2, 0) is 6.42 Å². The summed E-state index contributed by atoms with van der Waals surface area (Å²) in [6.45, 7) is 0.829. The third-order valence-electron chi connectivity index (χ3n) is 12.3. The average Bonchev–Trinajstić information content (AvgIpc) is 3.79. The van der Waals surface area contributed by atoms with Crippen molar-refractivity contribution in [3.8, 4) is 28.1 Å². The SMILES string of the molecule is C1=CC2=C(CC1)N(c1ccccc1-c1ccc(C3=CCNc4ccccc43)cc1)c1ccccc1-c1c2c2c(n1-c1ccc3oc4ccccc4c3c1)CCC=C2. The van der Waals surface area contributed by atoms with Crippen molar-refractivity contribution in [2.24, 2.45) is 0 Å². The molecule has 0 spiro atoms. The second-order valence-corrected chi connectivity index (χ2v) is 15.4. The van der Waals surface area contributed by atoms with E-state index in [4.69, 9.17) is 4.42 Å². The molecule has 0 amide bonds. The Morgan fingerprint density at radius 2 is 1.28 bits per heavy atom. The molecule has 4 nitrogen and oxygen atoms in total. The fourth-order valence-corrected chi connectivity index (χ4v) is 9.81. The van der Waals surface area contributed by atoms with Crippen molar-refractivity contribution in [1.82, 2.24) is 4.57 Å². The molecule has 12 rings (SSSR count). The lowest BCUT2D eigenvalue weighted by atomic mass is 9.90. The van der Waals surface area contributed by atoms with Gasteiger partial charge < -0.3 is 19.2 Å². The normalized spacial score (nSPS) is 15.4. The Morgan fingerprint density at radius 3 is 2.18 bits per heavy atom. The van der Waals surface area contributed by atoms with Gasteiger partial charge in [-0.3, -0.25) is 0 Å². The number of allylic oxidation sites excluding steroid dienone is 5. The molecule has 0 saturated heterocycles. The lowest BCUT2D eigenvalue weighted by molar-refractivity contribution is 0.669. The highest BCUT2D eigenvalue weighted by molar-refractivity contribution is 6.07. The van der Waals surface area contributed by atoms with E-state index in [1.807, 2.05) is 6.07 Å². The predicted molar refractivity (Wildman–Crippen MR) is 237 cm³/mol. The van der Waals surface area contributed by atoms with Gasteiger partial charge in [0, 0.05) is 73.5 Å². The minimum Gasteiger partial charge on any atom is -0.456 e. The molecule has 1 N–H and O–H groups in total. The number of nitrogens with one attached hydrogen (secondary N) is 1. The minimum atomic E-state index is 0.829. The summed E-state index contributed by atoms with van der Waals surface area (Å²) in [6.07, 6.45) is 15.8. The maximum Gasteiger partial charge on any atom is 0.135 e. The van der Waals surface area contributed by atoms with Crippen LogP contribution in [0, 0.1) is 0 Å². The molecule has 0 unspecified atom stereocenters. The van der Waals surface area contributed by atoms with Crippen molar-refractivity contribution in [1.29, 1.82) is 0 Å². The molecule has 0 fully saturated rings. The van der Waals surface area contributed by atoms with Crippen LogP contribution in [0.3, 0.4) is 0 Å². The van der Waals surface area contributed by atoms with Crippen molar-refractivity contribution in [3.05, 3.63) is 197 Å². The van der Waals surface area contributed by atoms with Gasteiger partial charge in [0.2, 0.25) is 0 Å². The van der Waals surface area contributed by atoms with Gasteiger partial charge in [-0.2, -0.15) is 0 Å². The van der Waals surface area contributed by atoms with Crippen LogP contribution in [0.4, 0.5) is 17.1 Å². The molecule has 2 aliphatic heterocycles. The zero-order chi connectivity index (χ0) is 37.5. The molecule has 0 bridgehead atoms. The highest BCUT2D eigenvalue weighted by Gasteiger charge is 2.35. The standard InChI is InChI=1S/C53H39N3O/c1-7-19-45-39(14-1)37(31-32-54-45)34-25-27-35(28-26-34)38-13-2-8-20-46(38)56-48-22-10-4-17-42(48)52-41-16-3-9-21-47(41)55(53(52)43-18-5-11-23-49(43)56)36-29-30-51-44(33-36)40-15-6-12-24-50(40)57-51/h1-8,11-20,23-31,33,54H,9-10,21-22,32H2. The monoisotopic (exact) mass is 733 g/mol. The summed E-state index contributed by atoms with van der Waals surface area (Å²) < 4.78 is 8.88. The Morgan fingerprint density at radius 1 is 0.579 bits per heavy atom. The Hall–Kier alpha value is -7.04. The topological polar surface area (TPSA) is 33.3 Å². The third-order valence-corrected chi connectivity index (χ3v) is 12.3. The molecule has 0 radical (unpaired) electrons. The van der Waals surface area contributed by atoms with Crippen LogP contribution in [0.25, 0.3) is 67.2 Å². The number of hydrogen-bond acceptors (Lipinski definition) is 3. The minimum absolute atomic E-state index is 0.829. The van der Waals surface area contributed by atoms with E-state index >= 15 is 0 Å². The molecule has 4 heterocycles. The maximum absolute atomic E-state index is 6.31. The predicted octanol–water partition coefficient (Wildman–Crippen LogP) is 13.7. The number of hydrogen-bond donors (Lipinski definition) is 1. The summed E-state index contributed by atoms with van der Waals surface area (Å²) in [7, 11) is 0. The molecule has 8 aromatic rings. The van der Waals surface area contributed by atoms with Crippen LogP contribution in [0.5, 0.6) is 0 Å². The quantitative estimate of drug-likeness (QED) is 0.196. The smallest absolute Gasteiger partial charge is 0.135 e. The average molecular weight is 734 g/mol. The largest absolute Gasteiger partial charge is 0.456 e. The van der Waals surface area contributed by atoms with Crippen molar-refractivity contribution >= 4 is 56.2 Å². The molecule has 0 atom stereocenters. The van der Waals surface area contributed by atoms with Crippen molar-refractivity contribution < 1.29 is 4.42 Å². The number of rotatable bonds is 4. The maximum atomic E-state index is 6.31. The first kappa shape index (κ1) is 32.2. The zero-order valence-corrected chi connectivity index (χ0v) is 31.5. The molecule has 6 aromatic carbocycles. The van der Waals surface area contributed by atoms with Gasteiger partial charge in [0.25, 0.3) is 0 Å². The number of fused-ring (bicyclic) bond motifs is 10. The third kappa shape index (κ3) is 4.93. The fourth-order valence-electron chi connectivity index (χ4n) is 9.81. The summed E-state index contributed by atoms with van der Waals surface area (Å²) in [4.78, 5) is 2.58. The molecular formula is C53H39N3O. The van der Waals surface area contributed by atoms with Crippen LogP contribution in [0.1, 0.15) is 47.2 Å². The Labute approximate surface area is 332 Å². The lowest BCUT2D eigenvalue weighted by Gasteiger charge is -2.32. The van der Waals surface area contributed by atoms with Gasteiger partial charge in [-0.15, -0.1) is 0 Å².